The molecule has 0 radical (unpaired) electrons. The minimum Gasteiger partial charge on any atom is -0.154 e. The number of thiazole rings is 1. The lowest BCUT2D eigenvalue weighted by Crippen LogP contribution is -2.22. The third-order valence-electron chi connectivity index (χ3n) is 3.33. The van der Waals surface area contributed by atoms with E-state index in [9.17, 15) is 0 Å². The number of pyridine rings is 1. The van der Waals surface area contributed by atoms with Crippen LogP contribution in [0.5, 0.6) is 0 Å². The molecule has 0 amide bonds. The van der Waals surface area contributed by atoms with Crippen LogP contribution in [0.3, 0.4) is 0 Å². The molecule has 98 valence electrons. The molecule has 20 heavy (non-hydrogen) atoms. The van der Waals surface area contributed by atoms with E-state index < -0.39 is 0 Å². The Bertz CT molecular complexity index is 855. The second-order valence-electron chi connectivity index (χ2n) is 4.65. The van der Waals surface area contributed by atoms with Crippen molar-refractivity contribution in [3.05, 3.63) is 58.4 Å². The van der Waals surface area contributed by atoms with E-state index in [4.69, 9.17) is 0 Å². The topological polar surface area (TPSA) is 4.10 Å². The first-order chi connectivity index (χ1) is 9.83. The Morgan fingerprint density at radius 1 is 0.950 bits per heavy atom. The lowest BCUT2D eigenvalue weighted by molar-refractivity contribution is -0.514. The maximum atomic E-state index is 2.32. The van der Waals surface area contributed by atoms with Gasteiger partial charge in [0.25, 0.3) is 4.83 Å². The number of hydrogen-bond donors (Lipinski definition) is 0. The molecule has 0 fully saturated rings. The van der Waals surface area contributed by atoms with Gasteiger partial charge in [-0.25, -0.2) is 0 Å². The number of nitrogens with zero attached hydrogens (tertiary/aromatic N) is 1. The summed E-state index contributed by atoms with van der Waals surface area (Å²) in [7, 11) is 0. The van der Waals surface area contributed by atoms with Crippen molar-refractivity contribution in [3.8, 4) is 20.9 Å². The van der Waals surface area contributed by atoms with Crippen LogP contribution in [0.4, 0.5) is 0 Å². The van der Waals surface area contributed by atoms with Gasteiger partial charge in [-0.1, -0.05) is 23.5 Å². The normalized spacial score (nSPS) is 11.2. The SMILES string of the molecule is Cc1csc2c(-c3cccs3)cc(-c3cccs3)c[n+]12. The van der Waals surface area contributed by atoms with Crippen molar-refractivity contribution in [2.45, 2.75) is 6.92 Å². The molecule has 0 aliphatic rings. The summed E-state index contributed by atoms with van der Waals surface area (Å²) in [6.07, 6.45) is 2.25. The van der Waals surface area contributed by atoms with E-state index in [0.29, 0.717) is 0 Å². The van der Waals surface area contributed by atoms with Crippen LogP contribution in [0.2, 0.25) is 0 Å². The zero-order valence-electron chi connectivity index (χ0n) is 10.9. The molecule has 0 atom stereocenters. The summed E-state index contributed by atoms with van der Waals surface area (Å²) in [5.41, 5.74) is 3.92. The molecule has 4 aromatic rings. The molecule has 0 aromatic carbocycles. The molecule has 4 rings (SSSR count). The van der Waals surface area contributed by atoms with Gasteiger partial charge in [-0.05, 0) is 29.0 Å². The highest BCUT2D eigenvalue weighted by Crippen LogP contribution is 2.34. The number of fused-ring (bicyclic) bond motifs is 1. The van der Waals surface area contributed by atoms with E-state index in [-0.39, 0.29) is 0 Å². The second kappa shape index (κ2) is 4.81. The molecular formula is C16H12NS3+. The van der Waals surface area contributed by atoms with Crippen molar-refractivity contribution in [3.63, 3.8) is 0 Å². The molecule has 4 heteroatoms. The Balaban J connectivity index is 2.06. The highest BCUT2D eigenvalue weighted by molar-refractivity contribution is 7.17. The van der Waals surface area contributed by atoms with Crippen molar-refractivity contribution in [1.82, 2.24) is 0 Å². The Hall–Kier alpha value is -1.49. The smallest absolute Gasteiger partial charge is 0.154 e. The Labute approximate surface area is 129 Å². The van der Waals surface area contributed by atoms with Gasteiger partial charge < -0.3 is 0 Å². The van der Waals surface area contributed by atoms with Gasteiger partial charge in [0.1, 0.15) is 0 Å². The van der Waals surface area contributed by atoms with Crippen LogP contribution >= 0.6 is 34.0 Å². The first kappa shape index (κ1) is 12.3. The van der Waals surface area contributed by atoms with Crippen molar-refractivity contribution < 1.29 is 4.40 Å². The number of rotatable bonds is 2. The second-order valence-corrected chi connectivity index (χ2v) is 7.40. The minimum absolute atomic E-state index is 1.29. The Kier molecular flexibility index (Phi) is 2.95. The van der Waals surface area contributed by atoms with Crippen LogP contribution in [0.25, 0.3) is 25.7 Å². The van der Waals surface area contributed by atoms with Gasteiger partial charge in [-0.15, -0.1) is 22.7 Å². The van der Waals surface area contributed by atoms with Crippen LogP contribution < -0.4 is 4.40 Å². The fourth-order valence-electron chi connectivity index (χ4n) is 2.35. The van der Waals surface area contributed by atoms with Crippen molar-refractivity contribution >= 4 is 38.8 Å². The molecule has 0 spiro atoms. The van der Waals surface area contributed by atoms with Crippen molar-refractivity contribution in [1.29, 1.82) is 0 Å². The molecule has 0 bridgehead atoms. The van der Waals surface area contributed by atoms with Gasteiger partial charge >= 0.3 is 0 Å². The third kappa shape index (κ3) is 1.92. The summed E-state index contributed by atoms with van der Waals surface area (Å²) in [5, 5.41) is 6.50. The summed E-state index contributed by atoms with van der Waals surface area (Å²) in [4.78, 5) is 3.98. The van der Waals surface area contributed by atoms with E-state index in [1.807, 2.05) is 11.3 Å². The van der Waals surface area contributed by atoms with Crippen molar-refractivity contribution in [2.24, 2.45) is 0 Å². The van der Waals surface area contributed by atoms with Gasteiger partial charge in [0.15, 0.2) is 11.9 Å². The average Bonchev–Trinajstić information content (AvgIpc) is 3.20. The summed E-state index contributed by atoms with van der Waals surface area (Å²) in [6, 6.07) is 10.9. The fraction of sp³-hybridized carbons (Fsp3) is 0.0625. The zero-order chi connectivity index (χ0) is 13.5. The molecule has 4 heterocycles. The van der Waals surface area contributed by atoms with Gasteiger partial charge in [0, 0.05) is 16.7 Å². The molecule has 0 saturated carbocycles. The summed E-state index contributed by atoms with van der Waals surface area (Å²) in [6.45, 7) is 2.17. The minimum atomic E-state index is 1.29. The predicted molar refractivity (Wildman–Crippen MR) is 88.8 cm³/mol. The maximum absolute atomic E-state index is 2.32. The van der Waals surface area contributed by atoms with E-state index in [1.165, 1.54) is 31.4 Å². The molecule has 0 N–H and O–H groups in total. The third-order valence-corrected chi connectivity index (χ3v) is 6.25. The Morgan fingerprint density at radius 2 is 1.70 bits per heavy atom. The van der Waals surface area contributed by atoms with Crippen LogP contribution in [0.15, 0.2) is 52.7 Å². The first-order valence-electron chi connectivity index (χ1n) is 6.34. The van der Waals surface area contributed by atoms with Crippen LogP contribution in [-0.4, -0.2) is 0 Å². The lowest BCUT2D eigenvalue weighted by atomic mass is 10.1. The number of aromatic nitrogens is 1. The molecule has 0 unspecified atom stereocenters. The fourth-order valence-corrected chi connectivity index (χ4v) is 4.87. The number of hydrogen-bond acceptors (Lipinski definition) is 3. The molecule has 0 aliphatic heterocycles. The van der Waals surface area contributed by atoms with E-state index in [0.717, 1.165) is 0 Å². The number of thiophene rings is 2. The van der Waals surface area contributed by atoms with E-state index in [2.05, 4.69) is 64.0 Å². The monoisotopic (exact) mass is 314 g/mol. The predicted octanol–water partition coefficient (Wildman–Crippen LogP) is 5.25. The van der Waals surface area contributed by atoms with Gasteiger partial charge in [0.05, 0.1) is 16.5 Å². The van der Waals surface area contributed by atoms with Crippen LogP contribution in [-0.2, 0) is 0 Å². The molecule has 4 aromatic heterocycles. The first-order valence-corrected chi connectivity index (χ1v) is 8.98. The molecule has 0 aliphatic carbocycles. The quantitative estimate of drug-likeness (QED) is 0.445. The lowest BCUT2D eigenvalue weighted by Gasteiger charge is -2.00. The summed E-state index contributed by atoms with van der Waals surface area (Å²) >= 11 is 5.41. The molecule has 0 saturated heterocycles. The van der Waals surface area contributed by atoms with Crippen molar-refractivity contribution in [2.75, 3.05) is 0 Å². The van der Waals surface area contributed by atoms with E-state index in [1.54, 1.807) is 22.7 Å². The maximum Gasteiger partial charge on any atom is 0.276 e. The summed E-state index contributed by atoms with van der Waals surface area (Å²) in [5.74, 6) is 0. The van der Waals surface area contributed by atoms with E-state index >= 15 is 0 Å². The Morgan fingerprint density at radius 3 is 2.40 bits per heavy atom. The average molecular weight is 314 g/mol. The van der Waals surface area contributed by atoms with Crippen LogP contribution in [0.1, 0.15) is 5.69 Å². The highest BCUT2D eigenvalue weighted by Gasteiger charge is 2.19. The highest BCUT2D eigenvalue weighted by atomic mass is 32.1. The largest absolute Gasteiger partial charge is 0.276 e. The standard InChI is InChI=1S/C16H12NS3/c1-11-10-20-16-13(15-5-3-7-19-15)8-12(9-17(11)16)14-4-2-6-18-14/h2-10H,1H3/q+1. The summed E-state index contributed by atoms with van der Waals surface area (Å²) < 4.78 is 2.31. The van der Waals surface area contributed by atoms with Crippen LogP contribution in [0, 0.1) is 6.92 Å². The zero-order valence-corrected chi connectivity index (χ0v) is 13.3. The van der Waals surface area contributed by atoms with Gasteiger partial charge in [-0.2, -0.15) is 4.40 Å². The van der Waals surface area contributed by atoms with Gasteiger partial charge in [0.2, 0.25) is 0 Å². The van der Waals surface area contributed by atoms with Gasteiger partial charge in [-0.3, -0.25) is 0 Å². The number of aryl methyl sites for hydroxylation is 1. The molecular weight excluding hydrogens is 302 g/mol. The molecule has 1 nitrogen and oxygen atoms in total.